The van der Waals surface area contributed by atoms with Gasteiger partial charge in [0.15, 0.2) is 0 Å². The van der Waals surface area contributed by atoms with Gasteiger partial charge in [0, 0.05) is 27.1 Å². The van der Waals surface area contributed by atoms with Crippen LogP contribution in [-0.4, -0.2) is 25.3 Å². The predicted molar refractivity (Wildman–Crippen MR) is 52.8 cm³/mol. The van der Waals surface area contributed by atoms with Crippen molar-refractivity contribution in [1.82, 2.24) is 4.90 Å². The van der Waals surface area contributed by atoms with Crippen molar-refractivity contribution in [3.8, 4) is 0 Å². The van der Waals surface area contributed by atoms with Gasteiger partial charge in [0.05, 0.1) is 0 Å². The molecule has 3 heteroatoms. The van der Waals surface area contributed by atoms with E-state index in [4.69, 9.17) is 0 Å². The van der Waals surface area contributed by atoms with Crippen LogP contribution in [0.5, 0.6) is 0 Å². The van der Waals surface area contributed by atoms with Gasteiger partial charge in [0.25, 0.3) is 0 Å². The summed E-state index contributed by atoms with van der Waals surface area (Å²) in [4.78, 5) is 12.6. The molecule has 0 N–H and O–H groups in total. The molecule has 0 bridgehead atoms. The van der Waals surface area contributed by atoms with Gasteiger partial charge in [-0.3, -0.25) is 4.79 Å². The van der Waals surface area contributed by atoms with Gasteiger partial charge >= 0.3 is 0 Å². The van der Waals surface area contributed by atoms with E-state index in [0.717, 1.165) is 0 Å². The van der Waals surface area contributed by atoms with Crippen molar-refractivity contribution in [2.24, 2.45) is 0 Å². The third-order valence-electron chi connectivity index (χ3n) is 1.40. The van der Waals surface area contributed by atoms with Crippen molar-refractivity contribution in [3.63, 3.8) is 0 Å². The summed E-state index contributed by atoms with van der Waals surface area (Å²) in [6, 6.07) is 0.316. The molecule has 0 aromatic rings. The first-order valence-corrected chi connectivity index (χ1v) is 4.19. The summed E-state index contributed by atoms with van der Waals surface area (Å²) in [6.45, 7) is 8.02. The first-order chi connectivity index (χ1) is 5.22. The summed E-state index contributed by atoms with van der Waals surface area (Å²) in [6.07, 6.45) is 4.33. The third-order valence-corrected chi connectivity index (χ3v) is 1.40. The molecule has 0 aliphatic carbocycles. The van der Waals surface area contributed by atoms with Crippen molar-refractivity contribution in [3.05, 3.63) is 12.3 Å². The lowest BCUT2D eigenvalue weighted by Crippen LogP contribution is -2.27. The number of hydrogen-bond donors (Lipinski definition) is 0. The topological polar surface area (TPSA) is 20.3 Å². The lowest BCUT2D eigenvalue weighted by Gasteiger charge is -2.17. The molecule has 2 nitrogen and oxygen atoms in total. The molecule has 0 spiro atoms. The van der Waals surface area contributed by atoms with Crippen LogP contribution in [0.25, 0.3) is 0 Å². The zero-order chi connectivity index (χ0) is 8.85. The highest BCUT2D eigenvalue weighted by Gasteiger charge is 2.16. The van der Waals surface area contributed by atoms with E-state index in [1.165, 1.54) is 0 Å². The maximum atomic E-state index is 10.9. The van der Waals surface area contributed by atoms with Gasteiger partial charge in [-0.25, -0.2) is 0 Å². The zero-order valence-electron chi connectivity index (χ0n) is 8.37. The SMILES string of the molecule is CC.CC(C)N1C=CCC1=O.[B]. The van der Waals surface area contributed by atoms with Gasteiger partial charge in [-0.05, 0) is 13.8 Å². The number of amides is 1. The molecule has 3 radical (unpaired) electrons. The van der Waals surface area contributed by atoms with Crippen LogP contribution in [0.15, 0.2) is 12.3 Å². The maximum Gasteiger partial charge on any atom is 0.230 e. The number of carbonyl (C=O) groups excluding carboxylic acids is 1. The Hall–Kier alpha value is -0.725. The summed E-state index contributed by atoms with van der Waals surface area (Å²) in [5.74, 6) is 0.213. The molecule has 0 aromatic heterocycles. The molecule has 0 fully saturated rings. The fourth-order valence-electron chi connectivity index (χ4n) is 0.916. The molecule has 0 aromatic carbocycles. The van der Waals surface area contributed by atoms with Crippen molar-refractivity contribution in [2.75, 3.05) is 0 Å². The van der Waals surface area contributed by atoms with Gasteiger partial charge in [-0.15, -0.1) is 0 Å². The Labute approximate surface area is 77.2 Å². The van der Waals surface area contributed by atoms with Crippen LogP contribution in [0.4, 0.5) is 0 Å². The minimum atomic E-state index is 0. The average molecular weight is 166 g/mol. The van der Waals surface area contributed by atoms with Gasteiger partial charge in [0.1, 0.15) is 0 Å². The Bertz CT molecular complexity index is 155. The Morgan fingerprint density at radius 3 is 2.08 bits per heavy atom. The molecule has 0 atom stereocenters. The van der Waals surface area contributed by atoms with Crippen molar-refractivity contribution < 1.29 is 4.79 Å². The van der Waals surface area contributed by atoms with E-state index in [2.05, 4.69) is 0 Å². The Balaban J connectivity index is 0. The van der Waals surface area contributed by atoms with Crippen molar-refractivity contribution >= 4 is 14.3 Å². The molecule has 0 saturated heterocycles. The van der Waals surface area contributed by atoms with Crippen LogP contribution in [-0.2, 0) is 4.79 Å². The van der Waals surface area contributed by atoms with Crippen molar-refractivity contribution in [1.29, 1.82) is 0 Å². The van der Waals surface area contributed by atoms with Gasteiger partial charge in [-0.1, -0.05) is 19.9 Å². The van der Waals surface area contributed by atoms with Crippen LogP contribution in [0, 0.1) is 0 Å². The summed E-state index contributed by atoms with van der Waals surface area (Å²) >= 11 is 0. The standard InChI is InChI=1S/C7H11NO.C2H6.B/c1-6(2)8-5-3-4-7(8)9;1-2;/h3,5-6H,4H2,1-2H3;1-2H3;. The van der Waals surface area contributed by atoms with E-state index >= 15 is 0 Å². The van der Waals surface area contributed by atoms with E-state index in [0.29, 0.717) is 12.5 Å². The molecule has 0 unspecified atom stereocenters. The van der Waals surface area contributed by atoms with Crippen LogP contribution in [0.2, 0.25) is 0 Å². The molecule has 0 saturated carbocycles. The average Bonchev–Trinajstić information content (AvgIpc) is 2.39. The monoisotopic (exact) mass is 166 g/mol. The molecule has 1 aliphatic heterocycles. The summed E-state index contributed by atoms with van der Waals surface area (Å²) in [7, 11) is 0. The normalized spacial score (nSPS) is 14.1. The van der Waals surface area contributed by atoms with Crippen LogP contribution < -0.4 is 0 Å². The van der Waals surface area contributed by atoms with Gasteiger partial charge in [-0.2, -0.15) is 0 Å². The highest BCUT2D eigenvalue weighted by atomic mass is 16.2. The second-order valence-corrected chi connectivity index (χ2v) is 2.48. The molecular formula is C9H17BNO. The lowest BCUT2D eigenvalue weighted by atomic mass is 10.3. The minimum Gasteiger partial charge on any atom is -0.317 e. The van der Waals surface area contributed by atoms with E-state index in [1.807, 2.05) is 40.0 Å². The Morgan fingerprint density at radius 2 is 1.92 bits per heavy atom. The fourth-order valence-corrected chi connectivity index (χ4v) is 0.916. The first kappa shape index (κ1) is 13.8. The third kappa shape index (κ3) is 3.60. The number of nitrogens with zero attached hydrogens (tertiary/aromatic N) is 1. The molecule has 1 aliphatic rings. The van der Waals surface area contributed by atoms with E-state index in [9.17, 15) is 4.79 Å². The second kappa shape index (κ2) is 6.95. The zero-order valence-corrected chi connectivity index (χ0v) is 8.37. The van der Waals surface area contributed by atoms with E-state index < -0.39 is 0 Å². The molecule has 1 rings (SSSR count). The second-order valence-electron chi connectivity index (χ2n) is 2.48. The Kier molecular flexibility index (Phi) is 8.02. The van der Waals surface area contributed by atoms with Crippen LogP contribution >= 0.6 is 0 Å². The summed E-state index contributed by atoms with van der Waals surface area (Å²) in [5.41, 5.74) is 0. The quantitative estimate of drug-likeness (QED) is 0.543. The van der Waals surface area contributed by atoms with E-state index in [-0.39, 0.29) is 14.3 Å². The Morgan fingerprint density at radius 1 is 1.42 bits per heavy atom. The molecule has 1 heterocycles. The smallest absolute Gasteiger partial charge is 0.230 e. The van der Waals surface area contributed by atoms with Crippen LogP contribution in [0.1, 0.15) is 34.1 Å². The minimum absolute atomic E-state index is 0. The maximum absolute atomic E-state index is 10.9. The summed E-state index contributed by atoms with van der Waals surface area (Å²) in [5, 5.41) is 0. The molecular weight excluding hydrogens is 149 g/mol. The van der Waals surface area contributed by atoms with Crippen molar-refractivity contribution in [2.45, 2.75) is 40.2 Å². The molecule has 12 heavy (non-hydrogen) atoms. The van der Waals surface area contributed by atoms with E-state index in [1.54, 1.807) is 4.90 Å². The highest BCUT2D eigenvalue weighted by molar-refractivity contribution is 5.81. The number of hydrogen-bond acceptors (Lipinski definition) is 1. The molecule has 1 amide bonds. The predicted octanol–water partition coefficient (Wildman–Crippen LogP) is 1.79. The number of rotatable bonds is 1. The van der Waals surface area contributed by atoms with Gasteiger partial charge < -0.3 is 4.90 Å². The molecule has 67 valence electrons. The van der Waals surface area contributed by atoms with Gasteiger partial charge in [0.2, 0.25) is 5.91 Å². The largest absolute Gasteiger partial charge is 0.317 e. The fraction of sp³-hybridized carbons (Fsp3) is 0.667. The van der Waals surface area contributed by atoms with Crippen LogP contribution in [0.3, 0.4) is 0 Å². The highest BCUT2D eigenvalue weighted by Crippen LogP contribution is 2.09. The number of carbonyl (C=O) groups is 1. The summed E-state index contributed by atoms with van der Waals surface area (Å²) < 4.78 is 0. The lowest BCUT2D eigenvalue weighted by molar-refractivity contribution is -0.127. The first-order valence-electron chi connectivity index (χ1n) is 4.19.